The second-order valence-corrected chi connectivity index (χ2v) is 5.54. The van der Waals surface area contributed by atoms with E-state index in [0.717, 1.165) is 13.0 Å². The SMILES string of the molecule is CC#CCC(NCCC)C(C)(CC)N1CCCC1. The van der Waals surface area contributed by atoms with Crippen LogP contribution in [0.4, 0.5) is 0 Å². The zero-order valence-corrected chi connectivity index (χ0v) is 12.7. The van der Waals surface area contributed by atoms with Gasteiger partial charge in [-0.3, -0.25) is 4.90 Å². The molecule has 104 valence electrons. The van der Waals surface area contributed by atoms with Crippen molar-refractivity contribution in [3.63, 3.8) is 0 Å². The van der Waals surface area contributed by atoms with Crippen LogP contribution in [0.1, 0.15) is 59.8 Å². The molecule has 0 spiro atoms. The van der Waals surface area contributed by atoms with Crippen molar-refractivity contribution < 1.29 is 0 Å². The van der Waals surface area contributed by atoms with Crippen molar-refractivity contribution in [2.45, 2.75) is 71.4 Å². The van der Waals surface area contributed by atoms with Gasteiger partial charge in [0.2, 0.25) is 0 Å². The molecule has 1 fully saturated rings. The number of hydrogen-bond donors (Lipinski definition) is 1. The van der Waals surface area contributed by atoms with Crippen molar-refractivity contribution in [1.82, 2.24) is 10.2 Å². The quantitative estimate of drug-likeness (QED) is 0.699. The van der Waals surface area contributed by atoms with Gasteiger partial charge in [-0.2, -0.15) is 0 Å². The lowest BCUT2D eigenvalue weighted by Crippen LogP contribution is -2.58. The van der Waals surface area contributed by atoms with Crippen molar-refractivity contribution >= 4 is 0 Å². The first-order valence-corrected chi connectivity index (χ1v) is 7.57. The molecule has 1 saturated heterocycles. The van der Waals surface area contributed by atoms with Crippen molar-refractivity contribution in [3.05, 3.63) is 0 Å². The molecular weight excluding hydrogens is 220 g/mol. The van der Waals surface area contributed by atoms with Crippen LogP contribution in [0.5, 0.6) is 0 Å². The van der Waals surface area contributed by atoms with E-state index in [1.807, 2.05) is 6.92 Å². The molecule has 0 amide bonds. The Morgan fingerprint density at radius 1 is 1.28 bits per heavy atom. The molecule has 2 unspecified atom stereocenters. The minimum absolute atomic E-state index is 0.259. The molecule has 18 heavy (non-hydrogen) atoms. The number of nitrogens with zero attached hydrogens (tertiary/aromatic N) is 1. The maximum absolute atomic E-state index is 3.73. The van der Waals surface area contributed by atoms with Gasteiger partial charge < -0.3 is 5.32 Å². The predicted molar refractivity (Wildman–Crippen MR) is 79.7 cm³/mol. The summed E-state index contributed by atoms with van der Waals surface area (Å²) in [5.41, 5.74) is 0.259. The lowest BCUT2D eigenvalue weighted by atomic mass is 9.85. The fourth-order valence-corrected chi connectivity index (χ4v) is 2.95. The molecule has 1 heterocycles. The highest BCUT2D eigenvalue weighted by Gasteiger charge is 2.38. The van der Waals surface area contributed by atoms with Crippen LogP contribution in [-0.4, -0.2) is 36.1 Å². The Morgan fingerprint density at radius 2 is 1.94 bits per heavy atom. The third-order valence-electron chi connectivity index (χ3n) is 4.42. The average Bonchev–Trinajstić information content (AvgIpc) is 2.92. The van der Waals surface area contributed by atoms with E-state index in [4.69, 9.17) is 0 Å². The van der Waals surface area contributed by atoms with Crippen LogP contribution >= 0.6 is 0 Å². The van der Waals surface area contributed by atoms with Gasteiger partial charge in [-0.15, -0.1) is 11.8 Å². The largest absolute Gasteiger partial charge is 0.311 e. The van der Waals surface area contributed by atoms with Gasteiger partial charge >= 0.3 is 0 Å². The number of rotatable bonds is 7. The van der Waals surface area contributed by atoms with Crippen LogP contribution in [0.3, 0.4) is 0 Å². The van der Waals surface area contributed by atoms with Gasteiger partial charge in [0.1, 0.15) is 0 Å². The van der Waals surface area contributed by atoms with E-state index in [1.165, 1.54) is 38.8 Å². The Kier molecular flexibility index (Phi) is 6.75. The van der Waals surface area contributed by atoms with Gasteiger partial charge in [-0.25, -0.2) is 0 Å². The third kappa shape index (κ3) is 3.73. The summed E-state index contributed by atoms with van der Waals surface area (Å²) in [5.74, 6) is 6.33. The lowest BCUT2D eigenvalue weighted by Gasteiger charge is -2.44. The molecule has 1 aliphatic rings. The summed E-state index contributed by atoms with van der Waals surface area (Å²) in [6.07, 6.45) is 6.07. The first-order chi connectivity index (χ1) is 8.69. The third-order valence-corrected chi connectivity index (χ3v) is 4.42. The predicted octanol–water partition coefficient (Wildman–Crippen LogP) is 3.03. The van der Waals surface area contributed by atoms with E-state index in [2.05, 4.69) is 42.8 Å². The van der Waals surface area contributed by atoms with Crippen LogP contribution in [0.15, 0.2) is 0 Å². The van der Waals surface area contributed by atoms with Crippen LogP contribution in [0.25, 0.3) is 0 Å². The van der Waals surface area contributed by atoms with E-state index in [9.17, 15) is 0 Å². The van der Waals surface area contributed by atoms with E-state index in [-0.39, 0.29) is 5.54 Å². The summed E-state index contributed by atoms with van der Waals surface area (Å²) >= 11 is 0. The van der Waals surface area contributed by atoms with Crippen LogP contribution in [0, 0.1) is 11.8 Å². The zero-order valence-electron chi connectivity index (χ0n) is 12.7. The van der Waals surface area contributed by atoms with Gasteiger partial charge in [0.05, 0.1) is 0 Å². The molecule has 0 bridgehead atoms. The van der Waals surface area contributed by atoms with Crippen molar-refractivity contribution in [2.75, 3.05) is 19.6 Å². The highest BCUT2D eigenvalue weighted by Crippen LogP contribution is 2.29. The molecule has 0 aromatic carbocycles. The van der Waals surface area contributed by atoms with E-state index >= 15 is 0 Å². The minimum atomic E-state index is 0.259. The van der Waals surface area contributed by atoms with Gasteiger partial charge in [0.15, 0.2) is 0 Å². The minimum Gasteiger partial charge on any atom is -0.311 e. The maximum atomic E-state index is 3.73. The molecule has 0 aromatic heterocycles. The average molecular weight is 250 g/mol. The van der Waals surface area contributed by atoms with E-state index in [0.29, 0.717) is 6.04 Å². The summed E-state index contributed by atoms with van der Waals surface area (Å²) in [4.78, 5) is 2.68. The van der Waals surface area contributed by atoms with Gasteiger partial charge in [0.25, 0.3) is 0 Å². The molecule has 1 aliphatic heterocycles. The van der Waals surface area contributed by atoms with Crippen LogP contribution in [0.2, 0.25) is 0 Å². The topological polar surface area (TPSA) is 15.3 Å². The molecule has 2 nitrogen and oxygen atoms in total. The first kappa shape index (κ1) is 15.5. The van der Waals surface area contributed by atoms with Crippen molar-refractivity contribution in [1.29, 1.82) is 0 Å². The second-order valence-electron chi connectivity index (χ2n) is 5.54. The highest BCUT2D eigenvalue weighted by atomic mass is 15.2. The molecule has 1 N–H and O–H groups in total. The summed E-state index contributed by atoms with van der Waals surface area (Å²) in [5, 5.41) is 3.73. The monoisotopic (exact) mass is 250 g/mol. The second kappa shape index (κ2) is 7.81. The normalized spacial score (nSPS) is 21.1. The maximum Gasteiger partial charge on any atom is 0.0359 e. The number of nitrogens with one attached hydrogen (secondary N) is 1. The lowest BCUT2D eigenvalue weighted by molar-refractivity contribution is 0.0859. The van der Waals surface area contributed by atoms with Crippen molar-refractivity contribution in [3.8, 4) is 11.8 Å². The molecule has 1 rings (SSSR count). The van der Waals surface area contributed by atoms with E-state index in [1.54, 1.807) is 0 Å². The standard InChI is InChI=1S/C16H30N2/c1-5-8-11-15(17-12-6-2)16(4,7-3)18-13-9-10-14-18/h15,17H,6-7,9-14H2,1-4H3. The van der Waals surface area contributed by atoms with Gasteiger partial charge in [-0.1, -0.05) is 13.8 Å². The molecule has 0 radical (unpaired) electrons. The molecular formula is C16H30N2. The van der Waals surface area contributed by atoms with Crippen molar-refractivity contribution in [2.24, 2.45) is 0 Å². The molecule has 2 atom stereocenters. The molecule has 0 aromatic rings. The van der Waals surface area contributed by atoms with Crippen LogP contribution in [-0.2, 0) is 0 Å². The Hall–Kier alpha value is -0.520. The molecule has 2 heteroatoms. The summed E-state index contributed by atoms with van der Waals surface area (Å²) in [6.45, 7) is 12.5. The first-order valence-electron chi connectivity index (χ1n) is 7.57. The molecule has 0 aliphatic carbocycles. The smallest absolute Gasteiger partial charge is 0.0359 e. The Balaban J connectivity index is 2.77. The van der Waals surface area contributed by atoms with Crippen LogP contribution < -0.4 is 5.32 Å². The van der Waals surface area contributed by atoms with Gasteiger partial charge in [-0.05, 0) is 59.2 Å². The fraction of sp³-hybridized carbons (Fsp3) is 0.875. The summed E-state index contributed by atoms with van der Waals surface area (Å²) < 4.78 is 0. The Labute approximate surface area is 114 Å². The summed E-state index contributed by atoms with van der Waals surface area (Å²) in [6, 6.07) is 0.494. The summed E-state index contributed by atoms with van der Waals surface area (Å²) in [7, 11) is 0. The van der Waals surface area contributed by atoms with E-state index < -0.39 is 0 Å². The highest BCUT2D eigenvalue weighted by molar-refractivity contribution is 5.06. The fourth-order valence-electron chi connectivity index (χ4n) is 2.95. The zero-order chi connectivity index (χ0) is 13.4. The number of hydrogen-bond acceptors (Lipinski definition) is 2. The number of likely N-dealkylation sites (tertiary alicyclic amines) is 1. The Morgan fingerprint density at radius 3 is 2.44 bits per heavy atom. The Bertz CT molecular complexity index is 283. The molecule has 0 saturated carbocycles. The van der Waals surface area contributed by atoms with Gasteiger partial charge in [0, 0.05) is 18.0 Å².